The van der Waals surface area contributed by atoms with Gasteiger partial charge in [0.05, 0.1) is 0 Å². The number of carboxylic acid groups (broad SMARTS) is 1. The molecule has 0 aliphatic rings. The second-order valence-corrected chi connectivity index (χ2v) is 12.8. The number of hydrogen-bond acceptors (Lipinski definition) is 6. The van der Waals surface area contributed by atoms with E-state index in [1.807, 2.05) is 54.6 Å². The number of thioether (sulfide) groups is 1. The van der Waals surface area contributed by atoms with E-state index in [9.17, 15) is 29.4 Å². The van der Waals surface area contributed by atoms with Gasteiger partial charge in [-0.25, -0.2) is 4.79 Å². The summed E-state index contributed by atoms with van der Waals surface area (Å²) in [6.45, 7) is 4.19. The third-order valence-corrected chi connectivity index (χ3v) is 8.91. The lowest BCUT2D eigenvalue weighted by atomic mass is 10.0. The number of benzene rings is 5. The molecule has 9 nitrogen and oxygen atoms in total. The topological polar surface area (TPSA) is 145 Å². The molecule has 0 fully saturated rings. The third-order valence-electron chi connectivity index (χ3n) is 7.64. The number of aromatic hydroxyl groups is 1. The van der Waals surface area contributed by atoms with Crippen LogP contribution in [0.25, 0.3) is 6.08 Å². The number of carboxylic acids is 1. The van der Waals surface area contributed by atoms with Crippen LogP contribution in [0.15, 0.2) is 138 Å². The van der Waals surface area contributed by atoms with E-state index in [0.29, 0.717) is 17.2 Å². The number of hydrogen-bond donors (Lipinski definition) is 5. The smallest absolute Gasteiger partial charge is 0.339 e. The van der Waals surface area contributed by atoms with Gasteiger partial charge >= 0.3 is 5.97 Å². The van der Waals surface area contributed by atoms with Gasteiger partial charge in [-0.3, -0.25) is 14.4 Å². The van der Waals surface area contributed by atoms with Gasteiger partial charge in [0.25, 0.3) is 11.8 Å². The zero-order valence-corrected chi connectivity index (χ0v) is 28.1. The molecule has 1 atom stereocenters. The van der Waals surface area contributed by atoms with Crippen molar-refractivity contribution in [3.8, 4) is 5.75 Å². The van der Waals surface area contributed by atoms with Crippen LogP contribution in [0, 0.1) is 0 Å². The van der Waals surface area contributed by atoms with Crippen LogP contribution >= 0.6 is 11.8 Å². The minimum atomic E-state index is -1.32. The molecule has 5 rings (SSSR count). The number of carbonyl (C=O) groups is 4. The van der Waals surface area contributed by atoms with Crippen molar-refractivity contribution < 1.29 is 29.4 Å². The van der Waals surface area contributed by atoms with Crippen molar-refractivity contribution >= 4 is 52.9 Å². The molecule has 5 aromatic carbocycles. The molecule has 252 valence electrons. The van der Waals surface area contributed by atoms with Gasteiger partial charge in [0, 0.05) is 21.8 Å². The summed E-state index contributed by atoms with van der Waals surface area (Å²) >= 11 is 1.27. The first-order chi connectivity index (χ1) is 24.1. The van der Waals surface area contributed by atoms with Gasteiger partial charge in [-0.1, -0.05) is 86.6 Å². The molecule has 0 radical (unpaired) electrons. The Kier molecular flexibility index (Phi) is 11.5. The van der Waals surface area contributed by atoms with Gasteiger partial charge in [0.1, 0.15) is 22.3 Å². The Labute approximate surface area is 294 Å². The molecule has 5 aromatic rings. The number of carbonyl (C=O) groups excluding carboxylic acids is 3. The molecule has 0 saturated heterocycles. The summed E-state index contributed by atoms with van der Waals surface area (Å²) in [5, 5.41) is 26.9. The molecule has 3 amide bonds. The van der Waals surface area contributed by atoms with Gasteiger partial charge in [-0.2, -0.15) is 0 Å². The average Bonchev–Trinajstić information content (AvgIpc) is 3.12. The second-order valence-electron chi connectivity index (χ2n) is 11.6. The maximum absolute atomic E-state index is 13.6. The van der Waals surface area contributed by atoms with Crippen molar-refractivity contribution in [2.45, 2.75) is 29.9 Å². The van der Waals surface area contributed by atoms with Crippen LogP contribution in [-0.4, -0.2) is 33.9 Å². The second kappa shape index (κ2) is 16.3. The van der Waals surface area contributed by atoms with Gasteiger partial charge in [-0.05, 0) is 83.3 Å². The molecule has 5 N–H and O–H groups in total. The van der Waals surface area contributed by atoms with Crippen LogP contribution < -0.4 is 16.0 Å². The number of amides is 3. The zero-order chi connectivity index (χ0) is 35.6. The molecule has 0 aliphatic carbocycles. The lowest BCUT2D eigenvalue weighted by molar-refractivity contribution is -0.116. The number of nitrogens with one attached hydrogen (secondary N) is 3. The first kappa shape index (κ1) is 35.2. The van der Waals surface area contributed by atoms with Crippen molar-refractivity contribution in [3.05, 3.63) is 161 Å². The van der Waals surface area contributed by atoms with Crippen LogP contribution in [0.4, 0.5) is 11.4 Å². The first-order valence-electron chi connectivity index (χ1n) is 15.8. The van der Waals surface area contributed by atoms with E-state index in [1.165, 1.54) is 30.0 Å². The highest BCUT2D eigenvalue weighted by molar-refractivity contribution is 8.00. The van der Waals surface area contributed by atoms with Gasteiger partial charge in [0.2, 0.25) is 5.91 Å². The fourth-order valence-electron chi connectivity index (χ4n) is 4.93. The Morgan fingerprint density at radius 1 is 0.700 bits per heavy atom. The summed E-state index contributed by atoms with van der Waals surface area (Å²) in [5.41, 5.74) is 3.46. The monoisotopic (exact) mass is 685 g/mol. The minimum absolute atomic E-state index is 0.0655. The Morgan fingerprint density at radius 2 is 1.32 bits per heavy atom. The van der Waals surface area contributed by atoms with Crippen molar-refractivity contribution in [2.24, 2.45) is 0 Å². The molecule has 1 unspecified atom stereocenters. The lowest BCUT2D eigenvalue weighted by Gasteiger charge is -2.18. The number of aromatic carboxylic acids is 1. The van der Waals surface area contributed by atoms with Crippen molar-refractivity contribution in [1.29, 1.82) is 0 Å². The molecule has 0 spiro atoms. The normalized spacial score (nSPS) is 11.8. The largest absolute Gasteiger partial charge is 0.507 e. The van der Waals surface area contributed by atoms with E-state index in [2.05, 4.69) is 29.8 Å². The number of rotatable bonds is 12. The number of phenols is 1. The Bertz CT molecular complexity index is 2010. The van der Waals surface area contributed by atoms with Crippen molar-refractivity contribution in [3.63, 3.8) is 0 Å². The minimum Gasteiger partial charge on any atom is -0.507 e. The predicted molar refractivity (Wildman–Crippen MR) is 196 cm³/mol. The average molecular weight is 686 g/mol. The molecular weight excluding hydrogens is 651 g/mol. The highest BCUT2D eigenvalue weighted by Gasteiger charge is 2.23. The maximum atomic E-state index is 13.6. The summed E-state index contributed by atoms with van der Waals surface area (Å²) in [4.78, 5) is 52.3. The molecule has 0 aromatic heterocycles. The van der Waals surface area contributed by atoms with Gasteiger partial charge < -0.3 is 26.2 Å². The van der Waals surface area contributed by atoms with Gasteiger partial charge in [-0.15, -0.1) is 11.8 Å². The molecule has 0 bridgehead atoms. The maximum Gasteiger partial charge on any atom is 0.339 e. The molecule has 10 heteroatoms. The number of anilines is 2. The molecule has 50 heavy (non-hydrogen) atoms. The fourth-order valence-corrected chi connectivity index (χ4v) is 5.96. The Morgan fingerprint density at radius 3 is 1.94 bits per heavy atom. The predicted octanol–water partition coefficient (Wildman–Crippen LogP) is 8.10. The van der Waals surface area contributed by atoms with Crippen molar-refractivity contribution in [1.82, 2.24) is 5.32 Å². The standard InChI is InChI=1S/C40H35N3O6S/c1-25(2)27-15-13-26(14-16-27)23-34(43-37(45)29-11-7-4-8-12-29)38(46)41-30-17-20-32(21-18-30)50-36(28-9-5-3-6-10-28)39(47)42-31-19-22-35(44)33(24-31)40(48)49/h3-25,36,44H,1-2H3,(H,41,46)(H,42,47)(H,43,45)(H,48,49)/b34-23-. The zero-order valence-electron chi connectivity index (χ0n) is 27.3. The highest BCUT2D eigenvalue weighted by Crippen LogP contribution is 2.37. The van der Waals surface area contributed by atoms with E-state index >= 15 is 0 Å². The summed E-state index contributed by atoms with van der Waals surface area (Å²) in [5.74, 6) is -2.71. The molecular formula is C40H35N3O6S. The molecule has 0 saturated carbocycles. The third kappa shape index (κ3) is 9.27. The summed E-state index contributed by atoms with van der Waals surface area (Å²) in [6, 6.07) is 36.3. The van der Waals surface area contributed by atoms with Crippen LogP contribution in [0.5, 0.6) is 5.75 Å². The van der Waals surface area contributed by atoms with E-state index in [-0.39, 0.29) is 16.9 Å². The summed E-state index contributed by atoms with van der Waals surface area (Å²) < 4.78 is 0. The Balaban J connectivity index is 1.34. The fraction of sp³-hybridized carbons (Fsp3) is 0.100. The van der Waals surface area contributed by atoms with Crippen LogP contribution in [0.3, 0.4) is 0 Å². The molecule has 0 heterocycles. The van der Waals surface area contributed by atoms with Crippen LogP contribution in [0.2, 0.25) is 0 Å². The Hall–Kier alpha value is -6.13. The van der Waals surface area contributed by atoms with E-state index < -0.39 is 34.7 Å². The highest BCUT2D eigenvalue weighted by atomic mass is 32.2. The van der Waals surface area contributed by atoms with E-state index in [4.69, 9.17) is 0 Å². The van der Waals surface area contributed by atoms with E-state index in [0.717, 1.165) is 21.6 Å². The van der Waals surface area contributed by atoms with Crippen LogP contribution in [-0.2, 0) is 9.59 Å². The van der Waals surface area contributed by atoms with Crippen LogP contribution in [0.1, 0.15) is 62.4 Å². The van der Waals surface area contributed by atoms with Crippen molar-refractivity contribution in [2.75, 3.05) is 10.6 Å². The molecule has 0 aliphatic heterocycles. The summed E-state index contributed by atoms with van der Waals surface area (Å²) in [7, 11) is 0. The van der Waals surface area contributed by atoms with Gasteiger partial charge in [0.15, 0.2) is 0 Å². The quantitative estimate of drug-likeness (QED) is 0.0507. The first-order valence-corrected chi connectivity index (χ1v) is 16.6. The van der Waals surface area contributed by atoms with E-state index in [1.54, 1.807) is 60.7 Å². The lowest BCUT2D eigenvalue weighted by Crippen LogP contribution is -2.30. The summed E-state index contributed by atoms with van der Waals surface area (Å²) in [6.07, 6.45) is 1.63. The SMILES string of the molecule is CC(C)c1ccc(/C=C(\NC(=O)c2ccccc2)C(=O)Nc2ccc(SC(C(=O)Nc3ccc(O)c(C(=O)O)c3)c3ccccc3)cc2)cc1.